The van der Waals surface area contributed by atoms with Crippen LogP contribution < -0.4 is 0 Å². The van der Waals surface area contributed by atoms with E-state index in [1.165, 1.54) is 38.5 Å². The van der Waals surface area contributed by atoms with Gasteiger partial charge in [-0.1, -0.05) is 12.2 Å². The minimum Gasteiger partial charge on any atom is -0.396 e. The molecule has 1 atom stereocenters. The highest BCUT2D eigenvalue weighted by atomic mass is 16.3. The Bertz CT molecular complexity index is 306. The summed E-state index contributed by atoms with van der Waals surface area (Å²) in [5.74, 6) is 2.27. The van der Waals surface area contributed by atoms with Gasteiger partial charge < -0.3 is 15.3 Å². The summed E-state index contributed by atoms with van der Waals surface area (Å²) in [6.07, 6.45) is 18.0. The molecule has 3 N–H and O–H groups in total. The lowest BCUT2D eigenvalue weighted by atomic mass is 9.76. The summed E-state index contributed by atoms with van der Waals surface area (Å²) in [4.78, 5) is 0. The number of hydrogen-bond donors (Lipinski definition) is 3. The molecule has 0 heterocycles. The van der Waals surface area contributed by atoms with Crippen molar-refractivity contribution >= 4 is 0 Å². The van der Waals surface area contributed by atoms with Crippen molar-refractivity contribution < 1.29 is 15.3 Å². The largest absolute Gasteiger partial charge is 0.396 e. The molecule has 134 valence electrons. The Morgan fingerprint density at radius 3 is 1.52 bits per heavy atom. The van der Waals surface area contributed by atoms with E-state index in [4.69, 9.17) is 5.11 Å². The smallest absolute Gasteiger partial charge is 0.0540 e. The number of aliphatic hydroxyl groups is 3. The Balaban J connectivity index is 0.000000203. The summed E-state index contributed by atoms with van der Waals surface area (Å²) < 4.78 is 0. The lowest BCUT2D eigenvalue weighted by molar-refractivity contribution is 0.0803. The van der Waals surface area contributed by atoms with Crippen LogP contribution >= 0.6 is 0 Å². The highest BCUT2D eigenvalue weighted by molar-refractivity contribution is 4.89. The maximum Gasteiger partial charge on any atom is 0.0540 e. The summed E-state index contributed by atoms with van der Waals surface area (Å²) in [5, 5.41) is 27.5. The third-order valence-corrected chi connectivity index (χ3v) is 5.94. The van der Waals surface area contributed by atoms with E-state index in [1.807, 2.05) is 0 Å². The van der Waals surface area contributed by atoms with Crippen LogP contribution in [-0.4, -0.2) is 34.1 Å². The molecule has 3 aliphatic carbocycles. The van der Waals surface area contributed by atoms with E-state index in [2.05, 4.69) is 12.2 Å². The van der Waals surface area contributed by atoms with Gasteiger partial charge in [0.2, 0.25) is 0 Å². The van der Waals surface area contributed by atoms with Crippen molar-refractivity contribution in [3.63, 3.8) is 0 Å². The first-order chi connectivity index (χ1) is 11.2. The molecular weight excluding hydrogens is 288 g/mol. The van der Waals surface area contributed by atoms with Crippen LogP contribution in [0, 0.1) is 17.8 Å². The molecule has 0 radical (unpaired) electrons. The lowest BCUT2D eigenvalue weighted by Crippen LogP contribution is -2.23. The van der Waals surface area contributed by atoms with Gasteiger partial charge in [0.1, 0.15) is 0 Å². The monoisotopic (exact) mass is 324 g/mol. The zero-order chi connectivity index (χ0) is 16.5. The second kappa shape index (κ2) is 10.5. The highest BCUT2D eigenvalue weighted by Gasteiger charge is 2.25. The van der Waals surface area contributed by atoms with Gasteiger partial charge in [-0.2, -0.15) is 0 Å². The molecule has 0 spiro atoms. The van der Waals surface area contributed by atoms with Crippen molar-refractivity contribution in [2.75, 3.05) is 6.61 Å². The molecule has 3 aliphatic rings. The predicted molar refractivity (Wildman–Crippen MR) is 94.1 cm³/mol. The van der Waals surface area contributed by atoms with E-state index in [0.717, 1.165) is 50.4 Å². The normalized spacial score (nSPS) is 37.8. The molecular formula is C20H36O3. The fourth-order valence-electron chi connectivity index (χ4n) is 4.25. The summed E-state index contributed by atoms with van der Waals surface area (Å²) in [6.45, 7) is 0.365. The van der Waals surface area contributed by atoms with Gasteiger partial charge in [-0.25, -0.2) is 0 Å². The Kier molecular flexibility index (Phi) is 8.63. The summed E-state index contributed by atoms with van der Waals surface area (Å²) in [5.41, 5.74) is 0. The molecule has 2 fully saturated rings. The van der Waals surface area contributed by atoms with E-state index in [-0.39, 0.29) is 12.2 Å². The SMILES string of the molecule is OC1CCC(CC2CCC(O)CC2)CC1.OCC1CC=CCC1. The number of allylic oxidation sites excluding steroid dienone is 2. The van der Waals surface area contributed by atoms with Gasteiger partial charge in [0.05, 0.1) is 12.2 Å². The summed E-state index contributed by atoms with van der Waals surface area (Å²) >= 11 is 0. The third-order valence-electron chi connectivity index (χ3n) is 5.94. The molecule has 23 heavy (non-hydrogen) atoms. The van der Waals surface area contributed by atoms with Crippen LogP contribution in [0.1, 0.15) is 77.0 Å². The van der Waals surface area contributed by atoms with Crippen LogP contribution in [-0.2, 0) is 0 Å². The quantitative estimate of drug-likeness (QED) is 0.692. The van der Waals surface area contributed by atoms with Crippen molar-refractivity contribution in [3.8, 4) is 0 Å². The molecule has 0 aromatic rings. The Hall–Kier alpha value is -0.380. The summed E-state index contributed by atoms with van der Waals surface area (Å²) in [6, 6.07) is 0. The maximum atomic E-state index is 9.43. The van der Waals surface area contributed by atoms with Gasteiger partial charge in [-0.15, -0.1) is 0 Å². The second-order valence-electron chi connectivity index (χ2n) is 7.92. The molecule has 0 bridgehead atoms. The average molecular weight is 325 g/mol. The zero-order valence-corrected chi connectivity index (χ0v) is 14.6. The summed E-state index contributed by atoms with van der Waals surface area (Å²) in [7, 11) is 0. The molecule has 0 aromatic heterocycles. The molecule has 0 saturated heterocycles. The van der Waals surface area contributed by atoms with Gasteiger partial charge in [-0.05, 0) is 94.8 Å². The van der Waals surface area contributed by atoms with Gasteiger partial charge in [-0.3, -0.25) is 0 Å². The van der Waals surface area contributed by atoms with Gasteiger partial charge in [0.15, 0.2) is 0 Å². The Labute approximate surface area is 141 Å². The molecule has 0 aromatic carbocycles. The predicted octanol–water partition coefficient (Wildman–Crippen LogP) is 3.81. The van der Waals surface area contributed by atoms with E-state index in [0.29, 0.717) is 12.5 Å². The fourth-order valence-corrected chi connectivity index (χ4v) is 4.25. The van der Waals surface area contributed by atoms with Crippen molar-refractivity contribution in [1.82, 2.24) is 0 Å². The molecule has 3 nitrogen and oxygen atoms in total. The Morgan fingerprint density at radius 2 is 1.17 bits per heavy atom. The molecule has 1 unspecified atom stereocenters. The zero-order valence-electron chi connectivity index (χ0n) is 14.6. The van der Waals surface area contributed by atoms with Crippen molar-refractivity contribution in [1.29, 1.82) is 0 Å². The lowest BCUT2D eigenvalue weighted by Gasteiger charge is -2.31. The van der Waals surface area contributed by atoms with E-state index < -0.39 is 0 Å². The number of hydrogen-bond acceptors (Lipinski definition) is 3. The minimum atomic E-state index is -0.0190. The highest BCUT2D eigenvalue weighted by Crippen LogP contribution is 2.35. The van der Waals surface area contributed by atoms with Crippen LogP contribution in [0.25, 0.3) is 0 Å². The van der Waals surface area contributed by atoms with Crippen molar-refractivity contribution in [3.05, 3.63) is 12.2 Å². The minimum absolute atomic E-state index is 0.0190. The fraction of sp³-hybridized carbons (Fsp3) is 0.900. The first-order valence-corrected chi connectivity index (χ1v) is 9.79. The number of rotatable bonds is 3. The van der Waals surface area contributed by atoms with Crippen LogP contribution in [0.15, 0.2) is 12.2 Å². The first-order valence-electron chi connectivity index (χ1n) is 9.79. The van der Waals surface area contributed by atoms with E-state index in [9.17, 15) is 10.2 Å². The molecule has 3 rings (SSSR count). The Morgan fingerprint density at radius 1 is 0.652 bits per heavy atom. The van der Waals surface area contributed by atoms with Crippen LogP contribution in [0.3, 0.4) is 0 Å². The molecule has 2 saturated carbocycles. The number of aliphatic hydroxyl groups excluding tert-OH is 3. The average Bonchev–Trinajstić information content (AvgIpc) is 2.60. The van der Waals surface area contributed by atoms with Crippen molar-refractivity contribution in [2.45, 2.75) is 89.3 Å². The topological polar surface area (TPSA) is 60.7 Å². The standard InChI is InChI=1S/C13H24O2.C7H12O/c14-12-5-1-10(2-6-12)9-11-3-7-13(15)8-4-11;8-6-7-4-2-1-3-5-7/h10-15H,1-9H2;1-2,7-8H,3-6H2. The van der Waals surface area contributed by atoms with Crippen molar-refractivity contribution in [2.24, 2.45) is 17.8 Å². The third kappa shape index (κ3) is 7.36. The van der Waals surface area contributed by atoms with E-state index >= 15 is 0 Å². The first kappa shape index (κ1) is 19.0. The van der Waals surface area contributed by atoms with Gasteiger partial charge in [0.25, 0.3) is 0 Å². The second-order valence-corrected chi connectivity index (χ2v) is 7.92. The molecule has 3 heteroatoms. The molecule has 0 aliphatic heterocycles. The van der Waals surface area contributed by atoms with Crippen LogP contribution in [0.2, 0.25) is 0 Å². The van der Waals surface area contributed by atoms with Crippen LogP contribution in [0.4, 0.5) is 0 Å². The van der Waals surface area contributed by atoms with Crippen LogP contribution in [0.5, 0.6) is 0 Å². The molecule has 0 amide bonds. The van der Waals surface area contributed by atoms with E-state index in [1.54, 1.807) is 0 Å². The maximum absolute atomic E-state index is 9.43. The van der Waals surface area contributed by atoms with Gasteiger partial charge in [0, 0.05) is 6.61 Å². The van der Waals surface area contributed by atoms with Gasteiger partial charge >= 0.3 is 0 Å².